The second-order valence-electron chi connectivity index (χ2n) is 9.94. The number of hydrogen-bond acceptors (Lipinski definition) is 1. The zero-order chi connectivity index (χ0) is 17.0. The molecule has 3 rings (SSSR count). The maximum atomic E-state index is 5.92. The fraction of sp³-hybridized carbons (Fsp3) is 1.00. The topological polar surface area (TPSA) is 12.4 Å². The van der Waals surface area contributed by atoms with E-state index >= 15 is 0 Å². The molecule has 0 spiro atoms. The first kappa shape index (κ1) is 19.0. The molecule has 0 atom stereocenters. The van der Waals surface area contributed by atoms with Crippen LogP contribution in [-0.4, -0.2) is 22.5 Å². The molecule has 3 aliphatic carbocycles. The molecular weight excluding hydrogens is 309 g/mol. The lowest BCUT2D eigenvalue weighted by Gasteiger charge is -2.50. The van der Waals surface area contributed by atoms with Gasteiger partial charge in [0.25, 0.3) is 0 Å². The van der Waals surface area contributed by atoms with Crippen molar-refractivity contribution in [2.24, 2.45) is 4.74 Å². The molecule has 0 saturated heterocycles. The standard InChI is InChI=1S/C22H42NP/c1-22(2,3)23-24(19-13-7-4-8-14-19,20-15-9-5-10-16-20)21-17-11-6-12-18-21/h19-21H,4-18H2,1-3H3. The fourth-order valence-electron chi connectivity index (χ4n) is 6.14. The Hall–Kier alpha value is 0.230. The predicted molar refractivity (Wildman–Crippen MR) is 110 cm³/mol. The summed E-state index contributed by atoms with van der Waals surface area (Å²) in [6.45, 7) is 7.20. The van der Waals surface area contributed by atoms with Crippen LogP contribution in [-0.2, 0) is 0 Å². The van der Waals surface area contributed by atoms with E-state index in [2.05, 4.69) is 20.8 Å². The van der Waals surface area contributed by atoms with Gasteiger partial charge in [-0.25, -0.2) is 0 Å². The van der Waals surface area contributed by atoms with Gasteiger partial charge < -0.3 is 0 Å². The van der Waals surface area contributed by atoms with E-state index in [1.54, 1.807) is 0 Å². The summed E-state index contributed by atoms with van der Waals surface area (Å²) in [4.78, 5) is 0. The van der Waals surface area contributed by atoms with Crippen molar-refractivity contribution in [3.63, 3.8) is 0 Å². The quantitative estimate of drug-likeness (QED) is 0.457. The van der Waals surface area contributed by atoms with Gasteiger partial charge in [0.05, 0.1) is 5.54 Å². The van der Waals surface area contributed by atoms with Crippen LogP contribution in [0.2, 0.25) is 0 Å². The highest BCUT2D eigenvalue weighted by molar-refractivity contribution is 7.68. The van der Waals surface area contributed by atoms with Crippen molar-refractivity contribution in [2.45, 2.75) is 140 Å². The molecule has 2 heteroatoms. The highest BCUT2D eigenvalue weighted by Gasteiger charge is 2.45. The van der Waals surface area contributed by atoms with Crippen molar-refractivity contribution in [3.8, 4) is 0 Å². The third-order valence-corrected chi connectivity index (χ3v) is 13.0. The van der Waals surface area contributed by atoms with Crippen molar-refractivity contribution in [1.82, 2.24) is 0 Å². The molecule has 0 aromatic heterocycles. The van der Waals surface area contributed by atoms with Gasteiger partial charge in [-0.3, -0.25) is 4.74 Å². The molecule has 24 heavy (non-hydrogen) atoms. The van der Waals surface area contributed by atoms with Gasteiger partial charge in [0.2, 0.25) is 0 Å². The van der Waals surface area contributed by atoms with E-state index < -0.39 is 7.05 Å². The lowest BCUT2D eigenvalue weighted by molar-refractivity contribution is 0.449. The molecule has 0 unspecified atom stereocenters. The number of hydrogen-bond donors (Lipinski definition) is 0. The summed E-state index contributed by atoms with van der Waals surface area (Å²) in [5.74, 6) is 0. The average Bonchev–Trinajstić information content (AvgIpc) is 2.61. The Bertz CT molecular complexity index is 377. The monoisotopic (exact) mass is 351 g/mol. The van der Waals surface area contributed by atoms with Crippen molar-refractivity contribution in [2.75, 3.05) is 0 Å². The van der Waals surface area contributed by atoms with Crippen LogP contribution in [0.5, 0.6) is 0 Å². The largest absolute Gasteiger partial charge is 0.297 e. The summed E-state index contributed by atoms with van der Waals surface area (Å²) in [5.41, 5.74) is 3.16. The summed E-state index contributed by atoms with van der Waals surface area (Å²) in [6, 6.07) is 0. The van der Waals surface area contributed by atoms with Gasteiger partial charge in [-0.1, -0.05) is 57.8 Å². The lowest BCUT2D eigenvalue weighted by atomic mass is 9.99. The first-order valence-corrected chi connectivity index (χ1v) is 13.1. The highest BCUT2D eigenvalue weighted by Crippen LogP contribution is 2.71. The van der Waals surface area contributed by atoms with Crippen LogP contribution < -0.4 is 0 Å². The first-order valence-electron chi connectivity index (χ1n) is 11.1. The van der Waals surface area contributed by atoms with Crippen LogP contribution in [0, 0.1) is 0 Å². The van der Waals surface area contributed by atoms with Gasteiger partial charge >= 0.3 is 0 Å². The van der Waals surface area contributed by atoms with Gasteiger partial charge in [-0.05, 0) is 83.3 Å². The summed E-state index contributed by atoms with van der Waals surface area (Å²) < 4.78 is 5.92. The van der Waals surface area contributed by atoms with Crippen LogP contribution in [0.3, 0.4) is 0 Å². The summed E-state index contributed by atoms with van der Waals surface area (Å²) >= 11 is 0. The molecule has 0 aliphatic heterocycles. The van der Waals surface area contributed by atoms with E-state index in [-0.39, 0.29) is 5.54 Å². The summed E-state index contributed by atoms with van der Waals surface area (Å²) in [5, 5.41) is 0. The number of rotatable bonds is 3. The minimum Gasteiger partial charge on any atom is -0.297 e. The Morgan fingerprint density at radius 1 is 0.542 bits per heavy atom. The average molecular weight is 352 g/mol. The Labute approximate surface area is 151 Å². The van der Waals surface area contributed by atoms with Crippen LogP contribution in [0.4, 0.5) is 0 Å². The molecule has 0 aromatic rings. The zero-order valence-electron chi connectivity index (χ0n) is 16.7. The van der Waals surface area contributed by atoms with E-state index in [1.807, 2.05) is 0 Å². The molecular formula is C22H42NP. The summed E-state index contributed by atoms with van der Waals surface area (Å²) in [7, 11) is -1.22. The molecule has 0 heterocycles. The van der Waals surface area contributed by atoms with Gasteiger partial charge in [0, 0.05) is 0 Å². The van der Waals surface area contributed by atoms with Crippen LogP contribution in [0.15, 0.2) is 4.74 Å². The molecule has 3 saturated carbocycles. The first-order chi connectivity index (χ1) is 11.5. The van der Waals surface area contributed by atoms with E-state index in [0.717, 1.165) is 17.0 Å². The second-order valence-corrected chi connectivity index (χ2v) is 13.9. The summed E-state index contributed by atoms with van der Waals surface area (Å²) in [6.07, 6.45) is 22.5. The minimum absolute atomic E-state index is 0.167. The third-order valence-electron chi connectivity index (χ3n) is 6.95. The number of nitrogens with zero attached hydrogens (tertiary/aromatic N) is 1. The van der Waals surface area contributed by atoms with E-state index in [4.69, 9.17) is 4.74 Å². The molecule has 1 nitrogen and oxygen atoms in total. The van der Waals surface area contributed by atoms with Crippen LogP contribution in [0.1, 0.15) is 117 Å². The predicted octanol–water partition coefficient (Wildman–Crippen LogP) is 7.98. The normalized spacial score (nSPS) is 26.5. The molecule has 3 fully saturated rings. The fourth-order valence-corrected chi connectivity index (χ4v) is 13.0. The highest BCUT2D eigenvalue weighted by atomic mass is 31.2. The van der Waals surface area contributed by atoms with E-state index in [9.17, 15) is 0 Å². The van der Waals surface area contributed by atoms with Crippen molar-refractivity contribution < 1.29 is 0 Å². The lowest BCUT2D eigenvalue weighted by Crippen LogP contribution is -2.33. The zero-order valence-corrected chi connectivity index (χ0v) is 17.6. The van der Waals surface area contributed by atoms with Crippen molar-refractivity contribution in [3.05, 3.63) is 0 Å². The molecule has 3 aliphatic rings. The maximum absolute atomic E-state index is 5.92. The van der Waals surface area contributed by atoms with Crippen LogP contribution in [0.25, 0.3) is 0 Å². The SMILES string of the molecule is CC(C)(C)N=P(C1CCCCC1)(C1CCCCC1)C1CCCCC1. The van der Waals surface area contributed by atoms with Crippen LogP contribution >= 0.6 is 7.05 Å². The third kappa shape index (κ3) is 4.31. The molecule has 0 bridgehead atoms. The smallest absolute Gasteiger partial charge is 0.0509 e. The van der Waals surface area contributed by atoms with Gasteiger partial charge in [-0.2, -0.15) is 0 Å². The maximum Gasteiger partial charge on any atom is 0.0509 e. The van der Waals surface area contributed by atoms with E-state index in [1.165, 1.54) is 96.3 Å². The Kier molecular flexibility index (Phi) is 6.56. The van der Waals surface area contributed by atoms with Gasteiger partial charge in [0.1, 0.15) is 0 Å². The van der Waals surface area contributed by atoms with Crippen molar-refractivity contribution >= 4 is 7.05 Å². The molecule has 0 radical (unpaired) electrons. The van der Waals surface area contributed by atoms with Gasteiger partial charge in [-0.15, -0.1) is 0 Å². The second kappa shape index (κ2) is 8.28. The Morgan fingerprint density at radius 3 is 1.08 bits per heavy atom. The van der Waals surface area contributed by atoms with Gasteiger partial charge in [0.15, 0.2) is 0 Å². The molecule has 0 aromatic carbocycles. The minimum atomic E-state index is -1.22. The molecule has 0 N–H and O–H groups in total. The molecule has 140 valence electrons. The Morgan fingerprint density at radius 2 is 0.833 bits per heavy atom. The van der Waals surface area contributed by atoms with Crippen molar-refractivity contribution in [1.29, 1.82) is 0 Å². The van der Waals surface area contributed by atoms with E-state index in [0.29, 0.717) is 0 Å². The molecule has 0 amide bonds. The Balaban J connectivity index is 2.04.